The Balaban J connectivity index is 2.12. The minimum atomic E-state index is -5.03. The van der Waals surface area contributed by atoms with E-state index < -0.39 is 30.8 Å². The maximum absolute atomic E-state index is 13.4. The lowest BCUT2D eigenvalue weighted by molar-refractivity contribution is -0.302. The summed E-state index contributed by atoms with van der Waals surface area (Å²) in [6.45, 7) is 9.12. The highest BCUT2D eigenvalue weighted by Crippen LogP contribution is 2.41. The van der Waals surface area contributed by atoms with Gasteiger partial charge in [0.2, 0.25) is 0 Å². The molecule has 0 spiro atoms. The Hall–Kier alpha value is -2.09. The second-order valence-electron chi connectivity index (χ2n) is 8.52. The molecule has 156 valence electrons. The molecular formula is C20H27F3N2O3. The Morgan fingerprint density at radius 3 is 2.29 bits per heavy atom. The number of carbonyl (C=O) groups excluding carboxylic acids is 1. The molecule has 1 aliphatic heterocycles. The molecule has 28 heavy (non-hydrogen) atoms. The van der Waals surface area contributed by atoms with Gasteiger partial charge in [-0.3, -0.25) is 4.79 Å². The fourth-order valence-electron chi connectivity index (χ4n) is 2.94. The monoisotopic (exact) mass is 400 g/mol. The minimum Gasteiger partial charge on any atom is -0.484 e. The Bertz CT molecular complexity index is 737. The summed E-state index contributed by atoms with van der Waals surface area (Å²) in [5.74, 6) is -0.662. The van der Waals surface area contributed by atoms with Crippen LogP contribution >= 0.6 is 0 Å². The summed E-state index contributed by atoms with van der Waals surface area (Å²) in [6, 6.07) is 6.98. The summed E-state index contributed by atoms with van der Waals surface area (Å²) in [6.07, 6.45) is -5.52. The number of aliphatic hydroxyl groups is 1. The van der Waals surface area contributed by atoms with Crippen LogP contribution < -0.4 is 4.74 Å². The van der Waals surface area contributed by atoms with E-state index in [1.54, 1.807) is 12.1 Å². The van der Waals surface area contributed by atoms with Crippen LogP contribution in [0.3, 0.4) is 0 Å². The summed E-state index contributed by atoms with van der Waals surface area (Å²) in [5, 5.41) is 14.1. The largest absolute Gasteiger partial charge is 0.484 e. The van der Waals surface area contributed by atoms with Gasteiger partial charge < -0.3 is 9.84 Å². The highest BCUT2D eigenvalue weighted by Gasteiger charge is 2.63. The topological polar surface area (TPSA) is 62.1 Å². The van der Waals surface area contributed by atoms with E-state index in [1.807, 2.05) is 46.8 Å². The minimum absolute atomic E-state index is 0.0452. The van der Waals surface area contributed by atoms with E-state index in [4.69, 9.17) is 4.74 Å². The zero-order chi connectivity index (χ0) is 21.3. The van der Waals surface area contributed by atoms with Crippen molar-refractivity contribution < 1.29 is 27.8 Å². The van der Waals surface area contributed by atoms with Crippen LogP contribution in [0, 0.1) is 5.92 Å². The first-order valence-corrected chi connectivity index (χ1v) is 9.16. The highest BCUT2D eigenvalue weighted by atomic mass is 19.4. The summed E-state index contributed by atoms with van der Waals surface area (Å²) in [5.41, 5.74) is -2.21. The summed E-state index contributed by atoms with van der Waals surface area (Å²) < 4.78 is 45.6. The fourth-order valence-corrected chi connectivity index (χ4v) is 2.94. The van der Waals surface area contributed by atoms with Crippen LogP contribution in [0.15, 0.2) is 29.4 Å². The lowest BCUT2D eigenvalue weighted by Crippen LogP contribution is -2.57. The lowest BCUT2D eigenvalue weighted by Gasteiger charge is -2.32. The third-order valence-corrected chi connectivity index (χ3v) is 4.46. The highest BCUT2D eigenvalue weighted by molar-refractivity contribution is 5.91. The number of carbonyl (C=O) groups is 1. The number of amides is 1. The number of halogens is 3. The van der Waals surface area contributed by atoms with Crippen LogP contribution in [-0.4, -0.2) is 40.2 Å². The summed E-state index contributed by atoms with van der Waals surface area (Å²) >= 11 is 0. The summed E-state index contributed by atoms with van der Waals surface area (Å²) in [7, 11) is 0. The number of hydrogen-bond donors (Lipinski definition) is 1. The predicted molar refractivity (Wildman–Crippen MR) is 100.0 cm³/mol. The lowest BCUT2D eigenvalue weighted by atomic mass is 9.87. The Kier molecular flexibility index (Phi) is 6.13. The SMILES string of the molecule is CC(C)CC1=NN(C(=O)COc2ccc(C(C)(C)C)cc2)[C@](O)(C(F)(F)F)C1. The first kappa shape index (κ1) is 22.2. The molecule has 1 amide bonds. The van der Waals surface area contributed by atoms with Gasteiger partial charge in [0.15, 0.2) is 6.61 Å². The molecule has 5 nitrogen and oxygen atoms in total. The number of hydrogen-bond acceptors (Lipinski definition) is 4. The van der Waals surface area contributed by atoms with E-state index >= 15 is 0 Å². The van der Waals surface area contributed by atoms with Gasteiger partial charge in [-0.05, 0) is 35.4 Å². The van der Waals surface area contributed by atoms with Gasteiger partial charge in [0.1, 0.15) is 5.75 Å². The fraction of sp³-hybridized carbons (Fsp3) is 0.600. The molecule has 0 unspecified atom stereocenters. The number of rotatable bonds is 5. The van der Waals surface area contributed by atoms with E-state index in [9.17, 15) is 23.1 Å². The molecule has 0 fully saturated rings. The average Bonchev–Trinajstić information content (AvgIpc) is 2.89. The third kappa shape index (κ3) is 4.84. The Morgan fingerprint density at radius 2 is 1.82 bits per heavy atom. The normalized spacial score (nSPS) is 20.5. The molecule has 1 atom stereocenters. The first-order chi connectivity index (χ1) is 12.7. The van der Waals surface area contributed by atoms with Crippen LogP contribution in [0.2, 0.25) is 0 Å². The van der Waals surface area contributed by atoms with Crippen molar-refractivity contribution in [3.63, 3.8) is 0 Å². The van der Waals surface area contributed by atoms with Gasteiger partial charge in [-0.1, -0.05) is 46.8 Å². The Morgan fingerprint density at radius 1 is 1.25 bits per heavy atom. The first-order valence-electron chi connectivity index (χ1n) is 9.16. The molecule has 1 N–H and O–H groups in total. The molecule has 1 aliphatic rings. The third-order valence-electron chi connectivity index (χ3n) is 4.46. The van der Waals surface area contributed by atoms with Crippen molar-refractivity contribution in [1.82, 2.24) is 5.01 Å². The maximum Gasteiger partial charge on any atom is 0.438 e. The molecule has 0 aliphatic carbocycles. The van der Waals surface area contributed by atoms with E-state index in [1.165, 1.54) is 0 Å². The van der Waals surface area contributed by atoms with Crippen molar-refractivity contribution in [1.29, 1.82) is 0 Å². The van der Waals surface area contributed by atoms with Crippen LogP contribution in [0.25, 0.3) is 0 Å². The molecule has 0 aromatic heterocycles. The molecule has 2 rings (SSSR count). The van der Waals surface area contributed by atoms with Crippen molar-refractivity contribution in [2.75, 3.05) is 6.61 Å². The number of ether oxygens (including phenoxy) is 1. The van der Waals surface area contributed by atoms with Gasteiger partial charge in [-0.2, -0.15) is 23.3 Å². The van der Waals surface area contributed by atoms with Gasteiger partial charge in [-0.25, -0.2) is 0 Å². The Labute approximate surface area is 163 Å². The van der Waals surface area contributed by atoms with Crippen LogP contribution in [-0.2, 0) is 10.2 Å². The van der Waals surface area contributed by atoms with Gasteiger partial charge in [0.25, 0.3) is 11.6 Å². The second-order valence-corrected chi connectivity index (χ2v) is 8.52. The molecule has 0 bridgehead atoms. The van der Waals surface area contributed by atoms with Crippen LogP contribution in [0.5, 0.6) is 5.75 Å². The standard InChI is InChI=1S/C20H27F3N2O3/c1-13(2)10-15-11-19(27,20(21,22)23)25(24-15)17(26)12-28-16-8-6-14(7-9-16)18(3,4)5/h6-9,13,27H,10-12H2,1-5H3/t19-/m1/s1. The van der Waals surface area contributed by atoms with Crippen molar-refractivity contribution in [3.05, 3.63) is 29.8 Å². The van der Waals surface area contributed by atoms with E-state index in [0.717, 1.165) is 5.56 Å². The number of benzene rings is 1. The maximum atomic E-state index is 13.4. The van der Waals surface area contributed by atoms with Gasteiger partial charge in [-0.15, -0.1) is 0 Å². The van der Waals surface area contributed by atoms with Crippen molar-refractivity contribution in [3.8, 4) is 5.75 Å². The quantitative estimate of drug-likeness (QED) is 0.804. The average molecular weight is 400 g/mol. The number of alkyl halides is 3. The van der Waals surface area contributed by atoms with E-state index in [0.29, 0.717) is 5.75 Å². The van der Waals surface area contributed by atoms with Crippen molar-refractivity contribution >= 4 is 11.6 Å². The number of nitrogens with zero attached hydrogens (tertiary/aromatic N) is 2. The predicted octanol–water partition coefficient (Wildman–Crippen LogP) is 4.25. The van der Waals surface area contributed by atoms with Crippen molar-refractivity contribution in [2.45, 2.75) is 64.8 Å². The zero-order valence-corrected chi connectivity index (χ0v) is 16.8. The second kappa shape index (κ2) is 7.73. The van der Waals surface area contributed by atoms with Crippen molar-refractivity contribution in [2.24, 2.45) is 11.0 Å². The molecule has 0 saturated heterocycles. The summed E-state index contributed by atoms with van der Waals surface area (Å²) in [4.78, 5) is 12.4. The van der Waals surface area contributed by atoms with Gasteiger partial charge >= 0.3 is 6.18 Å². The number of hydrazone groups is 1. The smallest absolute Gasteiger partial charge is 0.438 e. The van der Waals surface area contributed by atoms with Gasteiger partial charge in [0.05, 0.1) is 0 Å². The molecule has 1 aromatic rings. The van der Waals surface area contributed by atoms with Gasteiger partial charge in [0, 0.05) is 12.1 Å². The molecular weight excluding hydrogens is 373 g/mol. The molecule has 0 radical (unpaired) electrons. The molecule has 8 heteroatoms. The zero-order valence-electron chi connectivity index (χ0n) is 16.8. The molecule has 1 heterocycles. The van der Waals surface area contributed by atoms with E-state index in [2.05, 4.69) is 5.10 Å². The van der Waals surface area contributed by atoms with Crippen LogP contribution in [0.1, 0.15) is 53.0 Å². The van der Waals surface area contributed by atoms with Crippen LogP contribution in [0.4, 0.5) is 13.2 Å². The van der Waals surface area contributed by atoms with E-state index in [-0.39, 0.29) is 28.5 Å². The molecule has 0 saturated carbocycles. The molecule has 1 aromatic carbocycles.